The fourth-order valence-electron chi connectivity index (χ4n) is 0.754. The molecule has 1 aromatic rings. The zero-order valence-corrected chi connectivity index (χ0v) is 7.38. The van der Waals surface area contributed by atoms with Gasteiger partial charge in [-0.1, -0.05) is 5.21 Å². The zero-order valence-electron chi connectivity index (χ0n) is 6.48. The third-order valence-corrected chi connectivity index (χ3v) is 1.60. The minimum absolute atomic E-state index is 0.140. The first-order valence-electron chi connectivity index (χ1n) is 3.35. The van der Waals surface area contributed by atoms with Crippen LogP contribution in [0.3, 0.4) is 0 Å². The molecule has 0 bridgehead atoms. The molecule has 7 heteroatoms. The molecule has 1 rings (SSSR count). The molecule has 0 aliphatic rings. The van der Waals surface area contributed by atoms with Gasteiger partial charge >= 0.3 is 0 Å². The van der Waals surface area contributed by atoms with Crippen LogP contribution in [0.5, 0.6) is 0 Å². The van der Waals surface area contributed by atoms with Gasteiger partial charge in [-0.2, -0.15) is 17.8 Å². The summed E-state index contributed by atoms with van der Waals surface area (Å²) in [5.74, 6) is 0.748. The molecule has 0 spiro atoms. The van der Waals surface area contributed by atoms with Crippen LogP contribution in [0.2, 0.25) is 0 Å². The minimum atomic E-state index is -0.274. The molecule has 1 atom stereocenters. The van der Waals surface area contributed by atoms with Gasteiger partial charge in [0.2, 0.25) is 5.91 Å². The minimum Gasteiger partial charge on any atom is -0.345 e. The van der Waals surface area contributed by atoms with E-state index in [1.54, 1.807) is 0 Å². The summed E-state index contributed by atoms with van der Waals surface area (Å²) in [5.41, 5.74) is 0. The van der Waals surface area contributed by atoms with Crippen LogP contribution in [0.25, 0.3) is 0 Å². The van der Waals surface area contributed by atoms with Crippen molar-refractivity contribution in [2.24, 2.45) is 0 Å². The monoisotopic (exact) mass is 187 g/mol. The van der Waals surface area contributed by atoms with E-state index < -0.39 is 0 Å². The Morgan fingerprint density at radius 3 is 3.00 bits per heavy atom. The molecule has 66 valence electrons. The number of nitrogens with one attached hydrogen (secondary N) is 2. The van der Waals surface area contributed by atoms with Crippen molar-refractivity contribution < 1.29 is 4.79 Å². The molecule has 0 aliphatic carbocycles. The lowest BCUT2D eigenvalue weighted by Gasteiger charge is -2.09. The van der Waals surface area contributed by atoms with Crippen molar-refractivity contribution in [2.75, 3.05) is 5.75 Å². The molecule has 1 heterocycles. The summed E-state index contributed by atoms with van der Waals surface area (Å²) in [4.78, 5) is 10.7. The predicted molar refractivity (Wildman–Crippen MR) is 44.6 cm³/mol. The molecule has 0 fully saturated rings. The van der Waals surface area contributed by atoms with Gasteiger partial charge in [0.15, 0.2) is 5.82 Å². The highest BCUT2D eigenvalue weighted by Gasteiger charge is 2.14. The van der Waals surface area contributed by atoms with E-state index in [9.17, 15) is 4.79 Å². The largest absolute Gasteiger partial charge is 0.345 e. The van der Waals surface area contributed by atoms with Crippen LogP contribution in [0.4, 0.5) is 0 Å². The standard InChI is InChI=1S/C5H9N5OS/c1-3(11)6-4(2-12)5-7-9-10-8-5/h4,12H,2H2,1H3,(H,6,11)(H,7,8,9,10)/t4-/m1/s1. The molecule has 1 aromatic heterocycles. The van der Waals surface area contributed by atoms with Crippen molar-refractivity contribution in [3.05, 3.63) is 5.82 Å². The molecule has 1 amide bonds. The molecular formula is C5H9N5OS. The smallest absolute Gasteiger partial charge is 0.217 e. The van der Waals surface area contributed by atoms with E-state index >= 15 is 0 Å². The van der Waals surface area contributed by atoms with Gasteiger partial charge in [0.1, 0.15) is 6.04 Å². The normalized spacial score (nSPS) is 12.5. The van der Waals surface area contributed by atoms with Crippen LogP contribution in [-0.4, -0.2) is 32.3 Å². The van der Waals surface area contributed by atoms with E-state index in [1.165, 1.54) is 6.92 Å². The SMILES string of the molecule is CC(=O)N[C@H](CS)c1nn[nH]n1. The molecule has 0 radical (unpaired) electrons. The molecule has 12 heavy (non-hydrogen) atoms. The van der Waals surface area contributed by atoms with E-state index in [1.807, 2.05) is 0 Å². The maximum atomic E-state index is 10.7. The van der Waals surface area contributed by atoms with Crippen molar-refractivity contribution in [1.82, 2.24) is 25.9 Å². The van der Waals surface area contributed by atoms with Crippen LogP contribution >= 0.6 is 12.6 Å². The van der Waals surface area contributed by atoms with Crippen molar-refractivity contribution >= 4 is 18.5 Å². The van der Waals surface area contributed by atoms with Crippen molar-refractivity contribution in [3.8, 4) is 0 Å². The lowest BCUT2D eigenvalue weighted by molar-refractivity contribution is -0.119. The summed E-state index contributed by atoms with van der Waals surface area (Å²) in [6, 6.07) is -0.274. The molecule has 0 saturated carbocycles. The maximum Gasteiger partial charge on any atom is 0.217 e. The fraction of sp³-hybridized carbons (Fsp3) is 0.600. The average Bonchev–Trinajstić information content (AvgIpc) is 2.51. The molecule has 2 N–H and O–H groups in total. The van der Waals surface area contributed by atoms with E-state index in [0.29, 0.717) is 11.6 Å². The van der Waals surface area contributed by atoms with Crippen LogP contribution in [-0.2, 0) is 4.79 Å². The molecular weight excluding hydrogens is 178 g/mol. The number of aromatic amines is 1. The van der Waals surface area contributed by atoms with Gasteiger partial charge in [0.05, 0.1) is 0 Å². The average molecular weight is 187 g/mol. The van der Waals surface area contributed by atoms with Gasteiger partial charge < -0.3 is 5.32 Å². The molecule has 0 aliphatic heterocycles. The Hall–Kier alpha value is -1.11. The zero-order chi connectivity index (χ0) is 8.97. The van der Waals surface area contributed by atoms with Crippen molar-refractivity contribution in [1.29, 1.82) is 0 Å². The van der Waals surface area contributed by atoms with Gasteiger partial charge in [0.25, 0.3) is 0 Å². The quantitative estimate of drug-likeness (QED) is 0.547. The van der Waals surface area contributed by atoms with Gasteiger partial charge in [-0.3, -0.25) is 4.79 Å². The van der Waals surface area contributed by atoms with Gasteiger partial charge in [-0.25, -0.2) is 0 Å². The molecule has 6 nitrogen and oxygen atoms in total. The van der Waals surface area contributed by atoms with Crippen LogP contribution in [0, 0.1) is 0 Å². The first kappa shape index (κ1) is 8.98. The Bertz CT molecular complexity index is 248. The second-order valence-electron chi connectivity index (χ2n) is 2.21. The molecule has 0 saturated heterocycles. The summed E-state index contributed by atoms with van der Waals surface area (Å²) in [7, 11) is 0. The maximum absolute atomic E-state index is 10.7. The first-order valence-corrected chi connectivity index (χ1v) is 3.98. The van der Waals surface area contributed by atoms with E-state index in [-0.39, 0.29) is 11.9 Å². The highest BCUT2D eigenvalue weighted by molar-refractivity contribution is 7.80. The first-order chi connectivity index (χ1) is 5.74. The van der Waals surface area contributed by atoms with E-state index in [0.717, 1.165) is 0 Å². The van der Waals surface area contributed by atoms with E-state index in [4.69, 9.17) is 0 Å². The second kappa shape index (κ2) is 4.05. The fourth-order valence-corrected chi connectivity index (χ4v) is 1.01. The lowest BCUT2D eigenvalue weighted by Crippen LogP contribution is -2.28. The van der Waals surface area contributed by atoms with Crippen LogP contribution in [0.15, 0.2) is 0 Å². The number of thiol groups is 1. The Balaban J connectivity index is 2.63. The number of tetrazole rings is 1. The summed E-state index contributed by atoms with van der Waals surface area (Å²) in [6.07, 6.45) is 0. The Morgan fingerprint density at radius 2 is 2.58 bits per heavy atom. The number of hydrogen-bond acceptors (Lipinski definition) is 5. The van der Waals surface area contributed by atoms with E-state index in [2.05, 4.69) is 38.6 Å². The molecule has 0 unspecified atom stereocenters. The topological polar surface area (TPSA) is 83.6 Å². The molecule has 0 aromatic carbocycles. The van der Waals surface area contributed by atoms with Crippen LogP contribution in [0.1, 0.15) is 18.8 Å². The number of hydrogen-bond donors (Lipinski definition) is 3. The Morgan fingerprint density at radius 1 is 1.83 bits per heavy atom. The Labute approximate surface area is 74.5 Å². The lowest BCUT2D eigenvalue weighted by atomic mass is 10.3. The highest BCUT2D eigenvalue weighted by atomic mass is 32.1. The number of rotatable bonds is 3. The Kier molecular flexibility index (Phi) is 3.03. The van der Waals surface area contributed by atoms with Gasteiger partial charge in [-0.15, -0.1) is 10.2 Å². The van der Waals surface area contributed by atoms with Gasteiger partial charge in [0, 0.05) is 12.7 Å². The number of amides is 1. The number of nitrogens with zero attached hydrogens (tertiary/aromatic N) is 3. The summed E-state index contributed by atoms with van der Waals surface area (Å²) in [5, 5.41) is 15.8. The summed E-state index contributed by atoms with van der Waals surface area (Å²) in [6.45, 7) is 1.43. The second-order valence-corrected chi connectivity index (χ2v) is 2.57. The predicted octanol–water partition coefficient (Wildman–Crippen LogP) is -0.693. The number of carbonyl (C=O) groups excluding carboxylic acids is 1. The van der Waals surface area contributed by atoms with Crippen molar-refractivity contribution in [3.63, 3.8) is 0 Å². The summed E-state index contributed by atoms with van der Waals surface area (Å²) >= 11 is 4.04. The highest BCUT2D eigenvalue weighted by Crippen LogP contribution is 2.06. The number of carbonyl (C=O) groups is 1. The number of aromatic nitrogens is 4. The third kappa shape index (κ3) is 2.19. The van der Waals surface area contributed by atoms with Crippen molar-refractivity contribution in [2.45, 2.75) is 13.0 Å². The third-order valence-electron chi connectivity index (χ3n) is 1.23. The van der Waals surface area contributed by atoms with Crippen LogP contribution < -0.4 is 5.32 Å². The number of H-pyrrole nitrogens is 1. The van der Waals surface area contributed by atoms with Gasteiger partial charge in [-0.05, 0) is 0 Å². The summed E-state index contributed by atoms with van der Waals surface area (Å²) < 4.78 is 0.